The van der Waals surface area contributed by atoms with E-state index in [4.69, 9.17) is 9.47 Å². The lowest BCUT2D eigenvalue weighted by Gasteiger charge is -2.33. The van der Waals surface area contributed by atoms with E-state index in [0.29, 0.717) is 24.7 Å². The molecule has 1 saturated heterocycles. The van der Waals surface area contributed by atoms with Gasteiger partial charge in [-0.15, -0.1) is 0 Å². The van der Waals surface area contributed by atoms with Crippen molar-refractivity contribution >= 4 is 11.4 Å². The molecule has 1 aliphatic rings. The second-order valence-corrected chi connectivity index (χ2v) is 9.49. The standard InChI is InChI=1S/C32H33FN2O2/c1-4-36-31-21-26(11-18-30(31)37-22-25-9-12-27(33)13-10-25)32-34(28-14-5-23(2)6-15-28)19-20-35(32)29-16-7-24(3)8-17-29/h5-18,21,32H,4,19-20,22H2,1-3H3. The first-order chi connectivity index (χ1) is 18.0. The van der Waals surface area contributed by atoms with Crippen LogP contribution in [0.5, 0.6) is 11.5 Å². The Morgan fingerprint density at radius 2 is 1.27 bits per heavy atom. The summed E-state index contributed by atoms with van der Waals surface area (Å²) < 4.78 is 25.4. The fourth-order valence-corrected chi connectivity index (χ4v) is 4.82. The Kier molecular flexibility index (Phi) is 7.31. The maximum absolute atomic E-state index is 13.3. The molecule has 0 aromatic heterocycles. The molecule has 190 valence electrons. The number of benzene rings is 4. The molecule has 1 aliphatic heterocycles. The van der Waals surface area contributed by atoms with E-state index in [2.05, 4.69) is 84.3 Å². The molecule has 1 fully saturated rings. The molecule has 5 rings (SSSR count). The predicted molar refractivity (Wildman–Crippen MR) is 148 cm³/mol. The van der Waals surface area contributed by atoms with E-state index in [-0.39, 0.29) is 12.0 Å². The quantitative estimate of drug-likeness (QED) is 0.253. The van der Waals surface area contributed by atoms with Gasteiger partial charge in [0.15, 0.2) is 11.5 Å². The largest absolute Gasteiger partial charge is 0.490 e. The number of anilines is 2. The van der Waals surface area contributed by atoms with E-state index < -0.39 is 0 Å². The molecule has 0 unspecified atom stereocenters. The van der Waals surface area contributed by atoms with Gasteiger partial charge in [-0.1, -0.05) is 53.6 Å². The van der Waals surface area contributed by atoms with Crippen LogP contribution < -0.4 is 19.3 Å². The van der Waals surface area contributed by atoms with Crippen LogP contribution in [-0.4, -0.2) is 19.7 Å². The second-order valence-electron chi connectivity index (χ2n) is 9.49. The Labute approximate surface area is 218 Å². The Balaban J connectivity index is 1.49. The van der Waals surface area contributed by atoms with Gasteiger partial charge in [-0.3, -0.25) is 0 Å². The van der Waals surface area contributed by atoms with Crippen LogP contribution in [0.25, 0.3) is 0 Å². The van der Waals surface area contributed by atoms with Gasteiger partial charge in [-0.2, -0.15) is 0 Å². The first-order valence-electron chi connectivity index (χ1n) is 12.8. The molecular weight excluding hydrogens is 463 g/mol. The summed E-state index contributed by atoms with van der Waals surface area (Å²) >= 11 is 0. The SMILES string of the molecule is CCOc1cc(C2N(c3ccc(C)cc3)CCN2c2ccc(C)cc2)ccc1OCc1ccc(F)cc1. The zero-order chi connectivity index (χ0) is 25.8. The Morgan fingerprint density at radius 3 is 1.81 bits per heavy atom. The third-order valence-corrected chi connectivity index (χ3v) is 6.78. The molecule has 0 radical (unpaired) electrons. The Hall–Kier alpha value is -3.99. The van der Waals surface area contributed by atoms with Gasteiger partial charge in [0.1, 0.15) is 18.6 Å². The number of aryl methyl sites for hydroxylation is 2. The van der Waals surface area contributed by atoms with E-state index in [9.17, 15) is 4.39 Å². The maximum atomic E-state index is 13.3. The fraction of sp³-hybridized carbons (Fsp3) is 0.250. The normalized spacial score (nSPS) is 13.7. The van der Waals surface area contributed by atoms with Crippen LogP contribution in [0.15, 0.2) is 91.0 Å². The van der Waals surface area contributed by atoms with E-state index in [1.807, 2.05) is 13.0 Å². The van der Waals surface area contributed by atoms with Crippen molar-refractivity contribution in [2.24, 2.45) is 0 Å². The third kappa shape index (κ3) is 5.56. The minimum absolute atomic E-state index is 0.00997. The van der Waals surface area contributed by atoms with Crippen LogP contribution in [0.1, 0.15) is 35.3 Å². The number of halogens is 1. The third-order valence-electron chi connectivity index (χ3n) is 6.78. The van der Waals surface area contributed by atoms with Crippen molar-refractivity contribution in [2.75, 3.05) is 29.5 Å². The van der Waals surface area contributed by atoms with Crippen LogP contribution in [-0.2, 0) is 6.61 Å². The summed E-state index contributed by atoms with van der Waals surface area (Å²) in [7, 11) is 0. The van der Waals surface area contributed by atoms with Gasteiger partial charge in [0, 0.05) is 24.5 Å². The van der Waals surface area contributed by atoms with Gasteiger partial charge in [0.2, 0.25) is 0 Å². The smallest absolute Gasteiger partial charge is 0.161 e. The molecule has 37 heavy (non-hydrogen) atoms. The average Bonchev–Trinajstić information content (AvgIpc) is 3.35. The highest BCUT2D eigenvalue weighted by atomic mass is 19.1. The summed E-state index contributed by atoms with van der Waals surface area (Å²) in [6.07, 6.45) is 0.00997. The molecule has 0 aliphatic carbocycles. The van der Waals surface area contributed by atoms with Crippen LogP contribution in [0.4, 0.5) is 15.8 Å². The highest BCUT2D eigenvalue weighted by Gasteiger charge is 2.34. The molecule has 4 aromatic rings. The van der Waals surface area contributed by atoms with Gasteiger partial charge < -0.3 is 19.3 Å². The van der Waals surface area contributed by atoms with Crippen LogP contribution in [0, 0.1) is 19.7 Å². The molecule has 0 spiro atoms. The topological polar surface area (TPSA) is 24.9 Å². The lowest BCUT2D eigenvalue weighted by molar-refractivity contribution is 0.269. The maximum Gasteiger partial charge on any atom is 0.161 e. The summed E-state index contributed by atoms with van der Waals surface area (Å²) in [5, 5.41) is 0. The predicted octanol–water partition coefficient (Wildman–Crippen LogP) is 7.45. The zero-order valence-electron chi connectivity index (χ0n) is 21.7. The van der Waals surface area contributed by atoms with Crippen LogP contribution in [0.3, 0.4) is 0 Å². The lowest BCUT2D eigenvalue weighted by Crippen LogP contribution is -2.31. The molecule has 0 N–H and O–H groups in total. The van der Waals surface area contributed by atoms with Crippen molar-refractivity contribution in [3.63, 3.8) is 0 Å². The molecular formula is C32H33FN2O2. The highest BCUT2D eigenvalue weighted by Crippen LogP contribution is 2.41. The van der Waals surface area contributed by atoms with Gasteiger partial charge in [0.05, 0.1) is 6.61 Å². The van der Waals surface area contributed by atoms with Crippen molar-refractivity contribution in [3.8, 4) is 11.5 Å². The van der Waals surface area contributed by atoms with Crippen molar-refractivity contribution in [1.29, 1.82) is 0 Å². The number of hydrogen-bond donors (Lipinski definition) is 0. The van der Waals surface area contributed by atoms with E-state index in [0.717, 1.165) is 24.2 Å². The van der Waals surface area contributed by atoms with Gasteiger partial charge >= 0.3 is 0 Å². The summed E-state index contributed by atoms with van der Waals surface area (Å²) in [6.45, 7) is 8.90. The first kappa shape index (κ1) is 24.7. The Bertz CT molecular complexity index is 1270. The second kappa shape index (κ2) is 11.0. The van der Waals surface area contributed by atoms with Crippen molar-refractivity contribution in [1.82, 2.24) is 0 Å². The van der Waals surface area contributed by atoms with Crippen molar-refractivity contribution in [2.45, 2.75) is 33.5 Å². The molecule has 0 amide bonds. The average molecular weight is 497 g/mol. The number of nitrogens with zero attached hydrogens (tertiary/aromatic N) is 2. The number of ether oxygens (including phenoxy) is 2. The van der Waals surface area contributed by atoms with E-state index >= 15 is 0 Å². The van der Waals surface area contributed by atoms with Crippen molar-refractivity contribution in [3.05, 3.63) is 119 Å². The minimum atomic E-state index is -0.254. The Morgan fingerprint density at radius 1 is 0.703 bits per heavy atom. The molecule has 0 saturated carbocycles. The molecule has 4 nitrogen and oxygen atoms in total. The highest BCUT2D eigenvalue weighted by molar-refractivity contribution is 5.60. The van der Waals surface area contributed by atoms with E-state index in [1.54, 1.807) is 12.1 Å². The first-order valence-corrected chi connectivity index (χ1v) is 12.8. The summed E-state index contributed by atoms with van der Waals surface area (Å²) in [4.78, 5) is 4.90. The minimum Gasteiger partial charge on any atom is -0.490 e. The summed E-state index contributed by atoms with van der Waals surface area (Å²) in [5.74, 6) is 1.13. The van der Waals surface area contributed by atoms with Crippen LogP contribution in [0.2, 0.25) is 0 Å². The summed E-state index contributed by atoms with van der Waals surface area (Å²) in [6, 6.07) is 30.0. The summed E-state index contributed by atoms with van der Waals surface area (Å²) in [5.41, 5.74) is 6.92. The van der Waals surface area contributed by atoms with Gasteiger partial charge in [-0.05, 0) is 80.4 Å². The number of hydrogen-bond acceptors (Lipinski definition) is 4. The monoisotopic (exact) mass is 496 g/mol. The lowest BCUT2D eigenvalue weighted by atomic mass is 10.1. The van der Waals surface area contributed by atoms with Crippen LogP contribution >= 0.6 is 0 Å². The van der Waals surface area contributed by atoms with E-state index in [1.165, 1.54) is 34.6 Å². The van der Waals surface area contributed by atoms with Gasteiger partial charge in [0.25, 0.3) is 0 Å². The molecule has 4 aromatic carbocycles. The van der Waals surface area contributed by atoms with Crippen molar-refractivity contribution < 1.29 is 13.9 Å². The fourth-order valence-electron chi connectivity index (χ4n) is 4.82. The molecule has 5 heteroatoms. The molecule has 0 bridgehead atoms. The van der Waals surface area contributed by atoms with Gasteiger partial charge in [-0.25, -0.2) is 4.39 Å². The molecule has 1 heterocycles. The number of rotatable bonds is 8. The zero-order valence-corrected chi connectivity index (χ0v) is 21.7. The molecule has 0 atom stereocenters.